The summed E-state index contributed by atoms with van der Waals surface area (Å²) < 4.78 is 23.8. The smallest absolute Gasteiger partial charge is 0.161 e. The Hall–Kier alpha value is -2.44. The molecule has 6 heteroatoms. The SMILES string of the molecule is CC(C)(CCCCC(C)(C)NC[C@H]1COc2ccccc2O1)NC[C@@H]1COc2ccccc2O1. The zero-order valence-electron chi connectivity index (χ0n) is 21.1. The lowest BCUT2D eigenvalue weighted by Gasteiger charge is -2.33. The van der Waals surface area contributed by atoms with Crippen LogP contribution in [0.4, 0.5) is 0 Å². The first-order chi connectivity index (χ1) is 16.3. The fourth-order valence-corrected chi connectivity index (χ4v) is 4.42. The lowest BCUT2D eigenvalue weighted by atomic mass is 9.92. The minimum absolute atomic E-state index is 0.0373. The molecule has 0 radical (unpaired) electrons. The first kappa shape index (κ1) is 24.7. The highest BCUT2D eigenvalue weighted by molar-refractivity contribution is 5.41. The summed E-state index contributed by atoms with van der Waals surface area (Å²) in [5.41, 5.74) is 0.108. The third-order valence-corrected chi connectivity index (χ3v) is 6.61. The lowest BCUT2D eigenvalue weighted by molar-refractivity contribution is 0.0828. The van der Waals surface area contributed by atoms with Crippen molar-refractivity contribution >= 4 is 0 Å². The van der Waals surface area contributed by atoms with Gasteiger partial charge in [0.25, 0.3) is 0 Å². The topological polar surface area (TPSA) is 61.0 Å². The molecule has 186 valence electrons. The summed E-state index contributed by atoms with van der Waals surface area (Å²) in [4.78, 5) is 0. The predicted octanol–water partition coefficient (Wildman–Crippen LogP) is 4.96. The van der Waals surface area contributed by atoms with Crippen LogP contribution in [0.2, 0.25) is 0 Å². The molecule has 0 amide bonds. The van der Waals surface area contributed by atoms with Crippen LogP contribution in [0.25, 0.3) is 0 Å². The van der Waals surface area contributed by atoms with Crippen molar-refractivity contribution < 1.29 is 18.9 Å². The van der Waals surface area contributed by atoms with Crippen LogP contribution in [0.3, 0.4) is 0 Å². The molecular formula is C28H40N2O4. The van der Waals surface area contributed by atoms with Gasteiger partial charge in [0.1, 0.15) is 25.4 Å². The fraction of sp³-hybridized carbons (Fsp3) is 0.571. The molecule has 0 saturated carbocycles. The van der Waals surface area contributed by atoms with E-state index in [0.717, 1.165) is 48.9 Å². The lowest BCUT2D eigenvalue weighted by Crippen LogP contribution is -2.48. The maximum Gasteiger partial charge on any atom is 0.161 e. The average Bonchev–Trinajstić information content (AvgIpc) is 2.84. The van der Waals surface area contributed by atoms with Crippen molar-refractivity contribution in [2.75, 3.05) is 26.3 Å². The monoisotopic (exact) mass is 468 g/mol. The molecule has 2 heterocycles. The van der Waals surface area contributed by atoms with Gasteiger partial charge in [-0.1, -0.05) is 37.1 Å². The summed E-state index contributed by atoms with van der Waals surface area (Å²) in [7, 11) is 0. The minimum Gasteiger partial charge on any atom is -0.486 e. The van der Waals surface area contributed by atoms with Gasteiger partial charge in [-0.05, 0) is 64.8 Å². The minimum atomic E-state index is 0.0373. The predicted molar refractivity (Wildman–Crippen MR) is 135 cm³/mol. The zero-order valence-corrected chi connectivity index (χ0v) is 21.1. The molecule has 0 fully saturated rings. The van der Waals surface area contributed by atoms with Crippen LogP contribution in [0.15, 0.2) is 48.5 Å². The molecular weight excluding hydrogens is 428 g/mol. The van der Waals surface area contributed by atoms with Crippen LogP contribution in [0, 0.1) is 0 Å². The largest absolute Gasteiger partial charge is 0.486 e. The summed E-state index contributed by atoms with van der Waals surface area (Å²) in [6, 6.07) is 15.7. The van der Waals surface area contributed by atoms with E-state index in [-0.39, 0.29) is 23.3 Å². The van der Waals surface area contributed by atoms with Crippen molar-refractivity contribution in [2.45, 2.75) is 76.7 Å². The van der Waals surface area contributed by atoms with Crippen molar-refractivity contribution in [1.82, 2.24) is 10.6 Å². The van der Waals surface area contributed by atoms with Gasteiger partial charge < -0.3 is 29.6 Å². The van der Waals surface area contributed by atoms with Crippen molar-refractivity contribution in [3.8, 4) is 23.0 Å². The van der Waals surface area contributed by atoms with Gasteiger partial charge in [-0.15, -0.1) is 0 Å². The first-order valence-corrected chi connectivity index (χ1v) is 12.6. The highest BCUT2D eigenvalue weighted by Gasteiger charge is 2.26. The standard InChI is InChI=1S/C28H40N2O4/c1-27(2,29-17-21-19-31-23-11-5-7-13-25(23)33-21)15-9-10-16-28(3,4)30-18-22-20-32-24-12-6-8-14-26(24)34-22/h5-8,11-14,21-22,29-30H,9-10,15-20H2,1-4H3/t21-,22+. The van der Waals surface area contributed by atoms with Crippen molar-refractivity contribution in [3.63, 3.8) is 0 Å². The van der Waals surface area contributed by atoms with Crippen LogP contribution >= 0.6 is 0 Å². The van der Waals surface area contributed by atoms with E-state index in [4.69, 9.17) is 18.9 Å². The number of para-hydroxylation sites is 4. The number of rotatable bonds is 11. The number of hydrogen-bond acceptors (Lipinski definition) is 6. The number of benzene rings is 2. The maximum atomic E-state index is 6.08. The maximum absolute atomic E-state index is 6.08. The summed E-state index contributed by atoms with van der Waals surface area (Å²) in [6.07, 6.45) is 4.65. The van der Waals surface area contributed by atoms with Gasteiger partial charge in [0.05, 0.1) is 0 Å². The summed E-state index contributed by atoms with van der Waals surface area (Å²) in [5.74, 6) is 3.34. The van der Waals surface area contributed by atoms with Crippen LogP contribution in [0.5, 0.6) is 23.0 Å². The Balaban J connectivity index is 1.11. The Labute approximate surface area is 204 Å². The highest BCUT2D eigenvalue weighted by atomic mass is 16.6. The Bertz CT molecular complexity index is 855. The third-order valence-electron chi connectivity index (χ3n) is 6.61. The van der Waals surface area contributed by atoms with Crippen molar-refractivity contribution in [2.24, 2.45) is 0 Å². The van der Waals surface area contributed by atoms with E-state index in [1.54, 1.807) is 0 Å². The summed E-state index contributed by atoms with van der Waals surface area (Å²) in [5, 5.41) is 7.36. The van der Waals surface area contributed by atoms with Gasteiger partial charge in [0.15, 0.2) is 23.0 Å². The molecule has 2 aromatic rings. The molecule has 2 aliphatic heterocycles. The van der Waals surface area contributed by atoms with Crippen molar-refractivity contribution in [1.29, 1.82) is 0 Å². The van der Waals surface area contributed by atoms with Gasteiger partial charge in [-0.3, -0.25) is 0 Å². The fourth-order valence-electron chi connectivity index (χ4n) is 4.42. The molecule has 0 aromatic heterocycles. The molecule has 4 rings (SSSR count). The molecule has 0 saturated heterocycles. The Morgan fingerprint density at radius 1 is 0.647 bits per heavy atom. The van der Waals surface area contributed by atoms with E-state index < -0.39 is 0 Å². The van der Waals surface area contributed by atoms with Crippen LogP contribution in [-0.4, -0.2) is 49.6 Å². The summed E-state index contributed by atoms with van der Waals surface area (Å²) in [6.45, 7) is 11.8. The normalized spacial score (nSPS) is 19.6. The molecule has 2 aliphatic rings. The molecule has 0 bridgehead atoms. The quantitative estimate of drug-likeness (QED) is 0.455. The van der Waals surface area contributed by atoms with Gasteiger partial charge in [0.2, 0.25) is 0 Å². The van der Waals surface area contributed by atoms with Crippen LogP contribution in [-0.2, 0) is 0 Å². The zero-order chi connectivity index (χ0) is 24.0. The number of hydrogen-bond donors (Lipinski definition) is 2. The van der Waals surface area contributed by atoms with E-state index in [9.17, 15) is 0 Å². The third kappa shape index (κ3) is 7.03. The molecule has 2 atom stereocenters. The number of fused-ring (bicyclic) bond motifs is 2. The Kier molecular flexibility index (Phi) is 7.89. The van der Waals surface area contributed by atoms with Gasteiger partial charge >= 0.3 is 0 Å². The first-order valence-electron chi connectivity index (χ1n) is 12.6. The Morgan fingerprint density at radius 2 is 1.03 bits per heavy atom. The number of nitrogens with one attached hydrogen (secondary N) is 2. The van der Waals surface area contributed by atoms with Gasteiger partial charge in [0, 0.05) is 24.2 Å². The number of ether oxygens (including phenoxy) is 4. The van der Waals surface area contributed by atoms with Crippen LogP contribution < -0.4 is 29.6 Å². The highest BCUT2D eigenvalue weighted by Crippen LogP contribution is 2.32. The van der Waals surface area contributed by atoms with E-state index >= 15 is 0 Å². The van der Waals surface area contributed by atoms with Crippen molar-refractivity contribution in [3.05, 3.63) is 48.5 Å². The molecule has 0 aliphatic carbocycles. The molecule has 2 aromatic carbocycles. The second-order valence-electron chi connectivity index (χ2n) is 10.7. The molecule has 0 unspecified atom stereocenters. The van der Waals surface area contributed by atoms with Crippen LogP contribution in [0.1, 0.15) is 53.4 Å². The van der Waals surface area contributed by atoms with Gasteiger partial charge in [-0.2, -0.15) is 0 Å². The molecule has 34 heavy (non-hydrogen) atoms. The molecule has 2 N–H and O–H groups in total. The molecule has 0 spiro atoms. The number of unbranched alkanes of at least 4 members (excludes halogenated alkanes) is 1. The summed E-state index contributed by atoms with van der Waals surface area (Å²) >= 11 is 0. The second kappa shape index (κ2) is 10.9. The molecule has 6 nitrogen and oxygen atoms in total. The Morgan fingerprint density at radius 3 is 1.44 bits per heavy atom. The van der Waals surface area contributed by atoms with E-state index in [1.165, 1.54) is 12.8 Å². The van der Waals surface area contributed by atoms with E-state index in [0.29, 0.717) is 13.2 Å². The van der Waals surface area contributed by atoms with E-state index in [1.807, 2.05) is 48.5 Å². The average molecular weight is 469 g/mol. The second-order valence-corrected chi connectivity index (χ2v) is 10.7. The van der Waals surface area contributed by atoms with E-state index in [2.05, 4.69) is 38.3 Å². The van der Waals surface area contributed by atoms with Gasteiger partial charge in [-0.25, -0.2) is 0 Å².